The fraction of sp³-hybridized carbons (Fsp3) is 0.533. The maximum atomic E-state index is 11.8. The van der Waals surface area contributed by atoms with Gasteiger partial charge in [-0.15, -0.1) is 0 Å². The van der Waals surface area contributed by atoms with Gasteiger partial charge in [0.1, 0.15) is 6.61 Å². The predicted molar refractivity (Wildman–Crippen MR) is 75.2 cm³/mol. The van der Waals surface area contributed by atoms with Crippen molar-refractivity contribution in [1.82, 2.24) is 0 Å². The number of hydrogen-bond acceptors (Lipinski definition) is 6. The van der Waals surface area contributed by atoms with Gasteiger partial charge in [-0.1, -0.05) is 13.8 Å². The van der Waals surface area contributed by atoms with E-state index in [-0.39, 0.29) is 30.5 Å². The summed E-state index contributed by atoms with van der Waals surface area (Å²) in [5, 5.41) is 0. The van der Waals surface area contributed by atoms with Gasteiger partial charge in [0, 0.05) is 0 Å². The molecule has 6 nitrogen and oxygen atoms in total. The first-order valence-electron chi connectivity index (χ1n) is 6.99. The third-order valence-electron chi connectivity index (χ3n) is 3.03. The van der Waals surface area contributed by atoms with Crippen molar-refractivity contribution in [1.29, 1.82) is 0 Å². The second-order valence-electron chi connectivity index (χ2n) is 5.28. The van der Waals surface area contributed by atoms with Gasteiger partial charge in [0.05, 0.1) is 19.3 Å². The maximum Gasteiger partial charge on any atom is 0.334 e. The third-order valence-corrected chi connectivity index (χ3v) is 3.03. The van der Waals surface area contributed by atoms with Gasteiger partial charge in [-0.05, 0) is 24.5 Å². The summed E-state index contributed by atoms with van der Waals surface area (Å²) in [5.74, 6) is 0.345. The lowest BCUT2D eigenvalue weighted by Gasteiger charge is -2.08. The van der Waals surface area contributed by atoms with E-state index in [2.05, 4.69) is 18.8 Å². The van der Waals surface area contributed by atoms with Crippen molar-refractivity contribution in [2.24, 2.45) is 10.9 Å². The van der Waals surface area contributed by atoms with Gasteiger partial charge in [0.15, 0.2) is 17.7 Å². The molecule has 0 saturated heterocycles. The second kappa shape index (κ2) is 7.06. The summed E-state index contributed by atoms with van der Waals surface area (Å²) in [6.45, 7) is 4.62. The zero-order valence-electron chi connectivity index (χ0n) is 12.2. The van der Waals surface area contributed by atoms with Crippen LogP contribution in [-0.2, 0) is 14.3 Å². The van der Waals surface area contributed by atoms with Crippen LogP contribution in [0, 0.1) is 5.92 Å². The van der Waals surface area contributed by atoms with Crippen LogP contribution in [0.3, 0.4) is 0 Å². The Labute approximate surface area is 123 Å². The smallest absolute Gasteiger partial charge is 0.334 e. The van der Waals surface area contributed by atoms with Crippen LogP contribution in [0.1, 0.15) is 37.2 Å². The molecule has 114 valence electrons. The van der Waals surface area contributed by atoms with E-state index < -0.39 is 12.0 Å². The molecule has 21 heavy (non-hydrogen) atoms. The largest absolute Gasteiger partial charge is 0.478 e. The normalized spacial score (nSPS) is 17.5. The number of esters is 1. The molecule has 1 atom stereocenters. The SMILES string of the molecule is CC(C)CCOC(=O)C1COC(CC(=O)c2ccco2)=N1. The molecular weight excluding hydrogens is 274 g/mol. The van der Waals surface area contributed by atoms with Crippen LogP contribution in [0.25, 0.3) is 0 Å². The topological polar surface area (TPSA) is 78.1 Å². The molecule has 1 unspecified atom stereocenters. The van der Waals surface area contributed by atoms with Gasteiger partial charge < -0.3 is 13.9 Å². The van der Waals surface area contributed by atoms with Crippen molar-refractivity contribution >= 4 is 17.7 Å². The zero-order chi connectivity index (χ0) is 15.2. The molecule has 0 aliphatic carbocycles. The lowest BCUT2D eigenvalue weighted by molar-refractivity contribution is -0.145. The summed E-state index contributed by atoms with van der Waals surface area (Å²) in [4.78, 5) is 27.7. The van der Waals surface area contributed by atoms with E-state index in [0.717, 1.165) is 6.42 Å². The van der Waals surface area contributed by atoms with Crippen LogP contribution in [0.15, 0.2) is 27.8 Å². The number of nitrogens with zero attached hydrogens (tertiary/aromatic N) is 1. The van der Waals surface area contributed by atoms with Crippen molar-refractivity contribution in [3.63, 3.8) is 0 Å². The van der Waals surface area contributed by atoms with E-state index >= 15 is 0 Å². The number of aliphatic imine (C=N–C) groups is 1. The van der Waals surface area contributed by atoms with Crippen molar-refractivity contribution < 1.29 is 23.5 Å². The number of ether oxygens (including phenoxy) is 2. The maximum absolute atomic E-state index is 11.8. The highest BCUT2D eigenvalue weighted by atomic mass is 16.5. The number of carbonyl (C=O) groups is 2. The number of furan rings is 1. The molecule has 1 aromatic heterocycles. The molecule has 2 rings (SSSR count). The molecule has 0 N–H and O–H groups in total. The highest BCUT2D eigenvalue weighted by Gasteiger charge is 2.28. The number of ketones is 1. The molecule has 6 heteroatoms. The Bertz CT molecular complexity index is 518. The summed E-state index contributed by atoms with van der Waals surface area (Å²) >= 11 is 0. The predicted octanol–water partition coefficient (Wildman–Crippen LogP) is 2.24. The Hall–Kier alpha value is -2.11. The van der Waals surface area contributed by atoms with Crippen LogP contribution in [0.5, 0.6) is 0 Å². The number of hydrogen-bond donors (Lipinski definition) is 0. The molecule has 0 amide bonds. The van der Waals surface area contributed by atoms with Gasteiger partial charge in [-0.3, -0.25) is 4.79 Å². The Kier molecular flexibility index (Phi) is 5.14. The summed E-state index contributed by atoms with van der Waals surface area (Å²) in [7, 11) is 0. The molecule has 0 saturated carbocycles. The van der Waals surface area contributed by atoms with Gasteiger partial charge in [0.2, 0.25) is 5.78 Å². The minimum atomic E-state index is -0.670. The van der Waals surface area contributed by atoms with Gasteiger partial charge in [0.25, 0.3) is 0 Å². The van der Waals surface area contributed by atoms with Crippen LogP contribution in [0.2, 0.25) is 0 Å². The second-order valence-corrected chi connectivity index (χ2v) is 5.28. The van der Waals surface area contributed by atoms with Gasteiger partial charge in [-0.2, -0.15) is 0 Å². The standard InChI is InChI=1S/C15H19NO5/c1-10(2)5-7-20-15(18)11-9-21-14(16-11)8-12(17)13-4-3-6-19-13/h3-4,6,10-11H,5,7-9H2,1-2H3. The number of carbonyl (C=O) groups excluding carboxylic acids is 2. The fourth-order valence-electron chi connectivity index (χ4n) is 1.79. The molecule has 0 spiro atoms. The monoisotopic (exact) mass is 293 g/mol. The van der Waals surface area contributed by atoms with E-state index in [4.69, 9.17) is 13.9 Å². The van der Waals surface area contributed by atoms with Crippen molar-refractivity contribution in [2.45, 2.75) is 32.7 Å². The first-order valence-corrected chi connectivity index (χ1v) is 6.99. The van der Waals surface area contributed by atoms with Crippen molar-refractivity contribution in [3.8, 4) is 0 Å². The molecule has 1 aromatic rings. The quantitative estimate of drug-likeness (QED) is 0.569. The van der Waals surface area contributed by atoms with Crippen molar-refractivity contribution in [3.05, 3.63) is 24.2 Å². The van der Waals surface area contributed by atoms with Crippen molar-refractivity contribution in [2.75, 3.05) is 13.2 Å². The summed E-state index contributed by atoms with van der Waals surface area (Å²) < 4.78 is 15.4. The average molecular weight is 293 g/mol. The molecule has 0 bridgehead atoms. The minimum Gasteiger partial charge on any atom is -0.478 e. The van der Waals surface area contributed by atoms with E-state index in [0.29, 0.717) is 12.5 Å². The van der Waals surface area contributed by atoms with Gasteiger partial charge in [-0.25, -0.2) is 9.79 Å². The summed E-state index contributed by atoms with van der Waals surface area (Å²) in [5.41, 5.74) is 0. The lowest BCUT2D eigenvalue weighted by Crippen LogP contribution is -2.23. The molecule has 0 radical (unpaired) electrons. The Balaban J connectivity index is 1.81. The van der Waals surface area contributed by atoms with Crippen LogP contribution < -0.4 is 0 Å². The van der Waals surface area contributed by atoms with E-state index in [1.165, 1.54) is 6.26 Å². The fourth-order valence-corrected chi connectivity index (χ4v) is 1.79. The van der Waals surface area contributed by atoms with Crippen LogP contribution in [-0.4, -0.2) is 36.9 Å². The lowest BCUT2D eigenvalue weighted by atomic mass is 10.1. The molecule has 1 aliphatic rings. The van der Waals surface area contributed by atoms with Crippen LogP contribution >= 0.6 is 0 Å². The van der Waals surface area contributed by atoms with E-state index in [1.807, 2.05) is 0 Å². The van der Waals surface area contributed by atoms with E-state index in [1.54, 1.807) is 12.1 Å². The van der Waals surface area contributed by atoms with E-state index in [9.17, 15) is 9.59 Å². The van der Waals surface area contributed by atoms with Crippen LogP contribution in [0.4, 0.5) is 0 Å². The Morgan fingerprint density at radius 2 is 2.29 bits per heavy atom. The number of Topliss-reactive ketones (excluding diaryl/α,β-unsaturated/α-hetero) is 1. The Morgan fingerprint density at radius 3 is 2.95 bits per heavy atom. The molecule has 1 aliphatic heterocycles. The average Bonchev–Trinajstić information content (AvgIpc) is 3.09. The first kappa shape index (κ1) is 15.3. The molecule has 0 aromatic carbocycles. The van der Waals surface area contributed by atoms with Gasteiger partial charge >= 0.3 is 5.97 Å². The Morgan fingerprint density at radius 1 is 1.48 bits per heavy atom. The highest BCUT2D eigenvalue weighted by Crippen LogP contribution is 2.13. The first-order chi connectivity index (χ1) is 10.1. The molecular formula is C15H19NO5. The third kappa shape index (κ3) is 4.44. The molecule has 2 heterocycles. The highest BCUT2D eigenvalue weighted by molar-refractivity contribution is 6.06. The zero-order valence-corrected chi connectivity index (χ0v) is 12.2. The molecule has 0 fully saturated rings. The minimum absolute atomic E-state index is 0.0106. The summed E-state index contributed by atoms with van der Waals surface area (Å²) in [6, 6.07) is 2.55. The summed E-state index contributed by atoms with van der Waals surface area (Å²) in [6.07, 6.45) is 2.23. The number of rotatable bonds is 7.